The van der Waals surface area contributed by atoms with Crippen LogP contribution in [0.5, 0.6) is 46.3 Å². The molecule has 18 heteroatoms. The Labute approximate surface area is 383 Å². The van der Waals surface area contributed by atoms with E-state index in [0.29, 0.717) is 92.9 Å². The predicted molar refractivity (Wildman–Crippen MR) is 247 cm³/mol. The van der Waals surface area contributed by atoms with Gasteiger partial charge in [-0.15, -0.1) is 6.42 Å². The fourth-order valence-electron chi connectivity index (χ4n) is 7.87. The minimum Gasteiger partial charge on any atom is -0.493 e. The summed E-state index contributed by atoms with van der Waals surface area (Å²) in [4.78, 5) is 27.6. The molecule has 2 atom stereocenters. The fraction of sp³-hybridized carbons (Fsp3) is 0.306. The van der Waals surface area contributed by atoms with Crippen LogP contribution in [0.2, 0.25) is 0 Å². The van der Waals surface area contributed by atoms with E-state index in [1.165, 1.54) is 19.8 Å². The Morgan fingerprint density at radius 2 is 1.21 bits per heavy atom. The summed E-state index contributed by atoms with van der Waals surface area (Å²) in [5, 5.41) is 12.6. The van der Waals surface area contributed by atoms with Crippen LogP contribution in [0.25, 0.3) is 43.6 Å². The number of aliphatic hydroxyl groups is 1. The fourth-order valence-corrected chi connectivity index (χ4v) is 7.87. The van der Waals surface area contributed by atoms with Crippen molar-refractivity contribution in [2.24, 2.45) is 0 Å². The van der Waals surface area contributed by atoms with Crippen LogP contribution in [0.15, 0.2) is 73.3 Å². The topological polar surface area (TPSA) is 178 Å². The molecule has 0 spiro atoms. The smallest absolute Gasteiger partial charge is 0.230 e. The van der Waals surface area contributed by atoms with Crippen LogP contribution in [0.4, 0.5) is 8.78 Å². The molecule has 4 aromatic carbocycles. The zero-order valence-electron chi connectivity index (χ0n) is 37.3. The van der Waals surface area contributed by atoms with Gasteiger partial charge in [0.2, 0.25) is 11.8 Å². The molecule has 0 radical (unpaired) electrons. The Hall–Kier alpha value is -7.30. The van der Waals surface area contributed by atoms with Crippen LogP contribution < -0.4 is 28.4 Å². The summed E-state index contributed by atoms with van der Waals surface area (Å²) in [5.41, 5.74) is 4.26. The summed E-state index contributed by atoms with van der Waals surface area (Å²) >= 11 is 0. The SMILES string of the molecule is C#CCN1CCN(C[C@@H](O)COc2cc3ncnc(Oc4ccc5[nH]c(C)cc5c4F)c3cc2OC)CC1.COc1cc2c(Oc3ccc4[nH]c(C)cc4c3F)ncnc2cc1OC[C@H]1CO1. The first-order valence-corrected chi connectivity index (χ1v) is 21.6. The van der Waals surface area contributed by atoms with E-state index in [-0.39, 0.29) is 36.0 Å². The van der Waals surface area contributed by atoms with Crippen molar-refractivity contribution in [3.8, 4) is 58.6 Å². The lowest BCUT2D eigenvalue weighted by Crippen LogP contribution is -2.49. The molecule has 2 saturated heterocycles. The number of ether oxygens (including phenoxy) is 7. The van der Waals surface area contributed by atoms with Crippen molar-refractivity contribution in [3.63, 3.8) is 0 Å². The number of aromatic nitrogens is 6. The Kier molecular flexibility index (Phi) is 13.2. The van der Waals surface area contributed by atoms with Gasteiger partial charge in [0.1, 0.15) is 38.1 Å². The molecule has 2 aliphatic heterocycles. The highest BCUT2D eigenvalue weighted by atomic mass is 19.1. The minimum absolute atomic E-state index is 0.0547. The number of hydrogen-bond acceptors (Lipinski definition) is 14. The molecule has 8 aromatic rings. The number of halogens is 2. The molecule has 0 aliphatic carbocycles. The number of β-amino-alcohol motifs (C(OH)–C–C–N with tert-alkyl or cyclic N) is 1. The summed E-state index contributed by atoms with van der Waals surface area (Å²) in [5.74, 6) is 4.22. The third-order valence-electron chi connectivity index (χ3n) is 11.4. The number of hydrogen-bond donors (Lipinski definition) is 3. The van der Waals surface area contributed by atoms with Gasteiger partial charge in [0, 0.05) is 78.1 Å². The molecule has 3 N–H and O–H groups in total. The summed E-state index contributed by atoms with van der Waals surface area (Å²) in [7, 11) is 3.07. The van der Waals surface area contributed by atoms with Gasteiger partial charge < -0.3 is 48.2 Å². The van der Waals surface area contributed by atoms with Crippen molar-refractivity contribution in [1.29, 1.82) is 0 Å². The average molecular weight is 915 g/mol. The largest absolute Gasteiger partial charge is 0.493 e. The van der Waals surface area contributed by atoms with Crippen molar-refractivity contribution in [3.05, 3.63) is 96.3 Å². The van der Waals surface area contributed by atoms with Gasteiger partial charge in [0.25, 0.3) is 0 Å². The zero-order valence-corrected chi connectivity index (χ0v) is 37.3. The van der Waals surface area contributed by atoms with Crippen molar-refractivity contribution >= 4 is 43.6 Å². The third-order valence-corrected chi connectivity index (χ3v) is 11.4. The van der Waals surface area contributed by atoms with E-state index in [4.69, 9.17) is 39.6 Å². The van der Waals surface area contributed by atoms with Crippen LogP contribution in [-0.2, 0) is 4.74 Å². The first-order chi connectivity index (χ1) is 32.6. The van der Waals surface area contributed by atoms with E-state index in [1.807, 2.05) is 13.8 Å². The van der Waals surface area contributed by atoms with Gasteiger partial charge in [0.15, 0.2) is 46.1 Å². The number of nitrogens with zero attached hydrogens (tertiary/aromatic N) is 6. The van der Waals surface area contributed by atoms with E-state index in [9.17, 15) is 9.50 Å². The standard InChI is InChI=1S/C28H30FN5O4.C21H18FN3O4/c1-4-7-33-8-10-34(11-9-33)15-19(35)16-37-26-14-23-21(13-25(26)36-3)28(31-17-30-23)38-24-6-5-22-20(27(24)29)12-18(2)32-22;1-11-5-13-15(25-11)3-4-17(20(13)22)29-21-14-6-18(26-2)19(28-9-12-8-27-12)7-16(14)23-10-24-21/h1,5-6,12-14,17,19,32,35H,7-11,15-16H2,2-3H3;3-7,10,12,25H,8-9H2,1-2H3/t19-;12-/m11/s1. The molecule has 0 bridgehead atoms. The second kappa shape index (κ2) is 19.7. The molecule has 0 saturated carbocycles. The molecule has 10 rings (SSSR count). The molecule has 6 heterocycles. The van der Waals surface area contributed by atoms with Crippen molar-refractivity contribution < 1.29 is 47.0 Å². The van der Waals surface area contributed by atoms with Crippen molar-refractivity contribution in [2.45, 2.75) is 26.1 Å². The lowest BCUT2D eigenvalue weighted by atomic mass is 10.2. The van der Waals surface area contributed by atoms with E-state index >= 15 is 4.39 Å². The molecule has 67 heavy (non-hydrogen) atoms. The molecule has 0 unspecified atom stereocenters. The van der Waals surface area contributed by atoms with Gasteiger partial charge >= 0.3 is 0 Å². The van der Waals surface area contributed by atoms with Crippen LogP contribution >= 0.6 is 0 Å². The number of piperazine rings is 1. The van der Waals surface area contributed by atoms with Gasteiger partial charge in [-0.2, -0.15) is 0 Å². The number of aryl methyl sites for hydroxylation is 2. The minimum atomic E-state index is -0.686. The summed E-state index contributed by atoms with van der Waals surface area (Å²) < 4.78 is 69.6. The number of epoxide rings is 1. The molecule has 16 nitrogen and oxygen atoms in total. The van der Waals surface area contributed by atoms with Gasteiger partial charge in [-0.1, -0.05) is 5.92 Å². The number of rotatable bonds is 15. The maximum atomic E-state index is 15.1. The Balaban J connectivity index is 0.000000174. The average Bonchev–Trinajstić information content (AvgIpc) is 3.96. The second-order valence-electron chi connectivity index (χ2n) is 16.2. The second-order valence-corrected chi connectivity index (χ2v) is 16.2. The number of benzene rings is 4. The highest BCUT2D eigenvalue weighted by molar-refractivity contribution is 5.89. The van der Waals surface area contributed by atoms with E-state index in [0.717, 1.165) is 37.6 Å². The van der Waals surface area contributed by atoms with Gasteiger partial charge in [-0.3, -0.25) is 9.80 Å². The van der Waals surface area contributed by atoms with Gasteiger partial charge in [-0.25, -0.2) is 28.7 Å². The van der Waals surface area contributed by atoms with Gasteiger partial charge in [0.05, 0.1) is 49.2 Å². The number of nitrogens with one attached hydrogen (secondary N) is 2. The molecule has 4 aromatic heterocycles. The van der Waals surface area contributed by atoms with Crippen molar-refractivity contribution in [2.75, 3.05) is 73.3 Å². The molecule has 0 amide bonds. The Morgan fingerprint density at radius 1 is 0.701 bits per heavy atom. The number of fused-ring (bicyclic) bond motifs is 4. The van der Waals surface area contributed by atoms with Crippen LogP contribution in [-0.4, -0.2) is 130 Å². The van der Waals surface area contributed by atoms with Crippen molar-refractivity contribution in [1.82, 2.24) is 39.7 Å². The summed E-state index contributed by atoms with van der Waals surface area (Å²) in [6, 6.07) is 17.0. The number of terminal acetylenes is 1. The quantitative estimate of drug-likeness (QED) is 0.0681. The number of aliphatic hydroxyl groups excluding tert-OH is 1. The maximum Gasteiger partial charge on any atom is 0.230 e. The summed E-state index contributed by atoms with van der Waals surface area (Å²) in [6.45, 7) is 9.55. The molecule has 2 fully saturated rings. The zero-order chi connectivity index (χ0) is 46.6. The van der Waals surface area contributed by atoms with E-state index < -0.39 is 17.7 Å². The third kappa shape index (κ3) is 10.1. The normalized spacial score (nSPS) is 15.5. The lowest BCUT2D eigenvalue weighted by molar-refractivity contribution is 0.0479. The molecule has 346 valence electrons. The van der Waals surface area contributed by atoms with Crippen LogP contribution in [0.1, 0.15) is 11.4 Å². The monoisotopic (exact) mass is 914 g/mol. The molecular formula is C49H48F2N8O8. The predicted octanol–water partition coefficient (Wildman–Crippen LogP) is 7.49. The molecular weight excluding hydrogens is 867 g/mol. The van der Waals surface area contributed by atoms with Crippen LogP contribution in [0, 0.1) is 37.8 Å². The number of H-pyrrole nitrogens is 2. The molecule has 2 aliphatic rings. The van der Waals surface area contributed by atoms with E-state index in [1.54, 1.807) is 67.8 Å². The Morgan fingerprint density at radius 3 is 1.70 bits per heavy atom. The summed E-state index contributed by atoms with van der Waals surface area (Å²) in [6.07, 6.45) is 7.54. The first-order valence-electron chi connectivity index (χ1n) is 21.6. The van der Waals surface area contributed by atoms with E-state index in [2.05, 4.69) is 45.6 Å². The first kappa shape index (κ1) is 44.9. The highest BCUT2D eigenvalue weighted by Gasteiger charge is 2.25. The number of methoxy groups -OCH3 is 2. The Bertz CT molecular complexity index is 3110. The maximum absolute atomic E-state index is 15.1. The highest BCUT2D eigenvalue weighted by Crippen LogP contribution is 2.39. The van der Waals surface area contributed by atoms with Crippen LogP contribution in [0.3, 0.4) is 0 Å². The van der Waals surface area contributed by atoms with Gasteiger partial charge in [-0.05, 0) is 62.4 Å². The lowest BCUT2D eigenvalue weighted by Gasteiger charge is -2.34. The number of aromatic amines is 2.